The minimum atomic E-state index is -3.24. The Labute approximate surface area is 186 Å². The first-order valence-electron chi connectivity index (χ1n) is 9.13. The van der Waals surface area contributed by atoms with Crippen molar-refractivity contribution >= 4 is 39.8 Å². The van der Waals surface area contributed by atoms with Gasteiger partial charge in [0.1, 0.15) is 0 Å². The first-order valence-corrected chi connectivity index (χ1v) is 10.8. The third kappa shape index (κ3) is 7.43. The van der Waals surface area contributed by atoms with E-state index in [9.17, 15) is 8.42 Å². The number of nitrogens with zero attached hydrogens (tertiary/aromatic N) is 1. The summed E-state index contributed by atoms with van der Waals surface area (Å²) in [7, 11) is -1.52. The van der Waals surface area contributed by atoms with E-state index in [2.05, 4.69) is 41.6 Å². The van der Waals surface area contributed by atoms with Crippen LogP contribution >= 0.6 is 24.0 Å². The molecule has 5 nitrogen and oxygen atoms in total. The minimum Gasteiger partial charge on any atom is -0.356 e. The molecule has 0 radical (unpaired) electrons. The van der Waals surface area contributed by atoms with Gasteiger partial charge in [-0.15, -0.1) is 24.0 Å². The summed E-state index contributed by atoms with van der Waals surface area (Å²) in [5.41, 5.74) is 1.21. The largest absolute Gasteiger partial charge is 0.356 e. The van der Waals surface area contributed by atoms with Gasteiger partial charge >= 0.3 is 0 Å². The Morgan fingerprint density at radius 3 is 2.11 bits per heavy atom. The topological polar surface area (TPSA) is 70.6 Å². The van der Waals surface area contributed by atoms with Crippen LogP contribution < -0.4 is 10.6 Å². The van der Waals surface area contributed by atoms with Crippen molar-refractivity contribution in [1.29, 1.82) is 0 Å². The molecule has 0 spiro atoms. The van der Waals surface area contributed by atoms with Crippen LogP contribution in [0.4, 0.5) is 0 Å². The molecule has 2 aromatic carbocycles. The summed E-state index contributed by atoms with van der Waals surface area (Å²) in [6, 6.07) is 18.9. The SMILES string of the molecule is CN=C(NCCCS(=O)(=O)c1ccccc1)NCC(C)(C)c1ccccc1.I. The van der Waals surface area contributed by atoms with E-state index in [0.717, 1.165) is 6.54 Å². The Bertz CT molecular complexity index is 838. The van der Waals surface area contributed by atoms with E-state index in [1.54, 1.807) is 31.3 Å². The molecule has 0 aliphatic carbocycles. The van der Waals surface area contributed by atoms with Crippen molar-refractivity contribution in [3.8, 4) is 0 Å². The summed E-state index contributed by atoms with van der Waals surface area (Å²) in [5.74, 6) is 0.785. The summed E-state index contributed by atoms with van der Waals surface area (Å²) in [6.07, 6.45) is 0.514. The van der Waals surface area contributed by atoms with Gasteiger partial charge in [0.15, 0.2) is 15.8 Å². The molecule has 0 aromatic heterocycles. The van der Waals surface area contributed by atoms with Crippen LogP contribution in [0.2, 0.25) is 0 Å². The summed E-state index contributed by atoms with van der Waals surface area (Å²) in [6.45, 7) is 5.61. The molecule has 0 heterocycles. The third-order valence-corrected chi connectivity index (χ3v) is 6.28. The second-order valence-corrected chi connectivity index (χ2v) is 9.20. The van der Waals surface area contributed by atoms with Gasteiger partial charge in [-0.1, -0.05) is 62.4 Å². The number of guanidine groups is 1. The van der Waals surface area contributed by atoms with Crippen molar-refractivity contribution in [3.63, 3.8) is 0 Å². The molecule has 0 amide bonds. The molecule has 7 heteroatoms. The molecule has 2 N–H and O–H groups in total. The number of rotatable bonds is 8. The quantitative estimate of drug-likeness (QED) is 0.244. The normalized spacial score (nSPS) is 12.2. The van der Waals surface area contributed by atoms with Crippen LogP contribution in [0, 0.1) is 0 Å². The van der Waals surface area contributed by atoms with Crippen LogP contribution in [0.1, 0.15) is 25.8 Å². The fourth-order valence-corrected chi connectivity index (χ4v) is 4.06. The van der Waals surface area contributed by atoms with Crippen molar-refractivity contribution in [2.75, 3.05) is 25.9 Å². The van der Waals surface area contributed by atoms with Crippen molar-refractivity contribution in [1.82, 2.24) is 10.6 Å². The van der Waals surface area contributed by atoms with Crippen LogP contribution in [0.25, 0.3) is 0 Å². The Morgan fingerprint density at radius 2 is 1.54 bits per heavy atom. The lowest BCUT2D eigenvalue weighted by Crippen LogP contribution is -2.43. The van der Waals surface area contributed by atoms with Gasteiger partial charge in [0.05, 0.1) is 10.6 Å². The highest BCUT2D eigenvalue weighted by Gasteiger charge is 2.20. The molecule has 2 rings (SSSR count). The maximum Gasteiger partial charge on any atom is 0.191 e. The number of hydrogen-bond acceptors (Lipinski definition) is 3. The van der Waals surface area contributed by atoms with Crippen LogP contribution in [-0.2, 0) is 15.3 Å². The highest BCUT2D eigenvalue weighted by atomic mass is 127. The average Bonchev–Trinajstić information content (AvgIpc) is 2.69. The lowest BCUT2D eigenvalue weighted by Gasteiger charge is -2.26. The lowest BCUT2D eigenvalue weighted by atomic mass is 9.85. The highest BCUT2D eigenvalue weighted by Crippen LogP contribution is 2.21. The van der Waals surface area contributed by atoms with Crippen LogP contribution in [0.3, 0.4) is 0 Å². The molecular formula is C21H30IN3O2S. The van der Waals surface area contributed by atoms with Gasteiger partial charge in [-0.05, 0) is 24.1 Å². The van der Waals surface area contributed by atoms with E-state index in [0.29, 0.717) is 23.8 Å². The number of halogens is 1. The number of hydrogen-bond donors (Lipinski definition) is 2. The molecule has 0 aliphatic rings. The molecule has 28 heavy (non-hydrogen) atoms. The van der Waals surface area contributed by atoms with Crippen molar-refractivity contribution in [3.05, 3.63) is 66.2 Å². The van der Waals surface area contributed by atoms with E-state index in [4.69, 9.17) is 0 Å². The summed E-state index contributed by atoms with van der Waals surface area (Å²) in [4.78, 5) is 4.59. The molecule has 2 aromatic rings. The van der Waals surface area contributed by atoms with E-state index < -0.39 is 9.84 Å². The van der Waals surface area contributed by atoms with Crippen molar-refractivity contribution < 1.29 is 8.42 Å². The predicted octanol–water partition coefficient (Wildman–Crippen LogP) is 3.61. The molecule has 0 fully saturated rings. The number of sulfone groups is 1. The zero-order chi connectivity index (χ0) is 19.8. The first kappa shape index (κ1) is 24.4. The molecule has 0 saturated heterocycles. The Hall–Kier alpha value is -1.61. The van der Waals surface area contributed by atoms with Crippen LogP contribution in [-0.4, -0.2) is 40.3 Å². The molecule has 0 unspecified atom stereocenters. The third-order valence-electron chi connectivity index (χ3n) is 4.46. The number of nitrogens with one attached hydrogen (secondary N) is 2. The molecular weight excluding hydrogens is 485 g/mol. The van der Waals surface area contributed by atoms with Gasteiger partial charge in [-0.25, -0.2) is 8.42 Å². The summed E-state index contributed by atoms with van der Waals surface area (Å²) >= 11 is 0. The summed E-state index contributed by atoms with van der Waals surface area (Å²) in [5, 5.41) is 6.52. The van der Waals surface area contributed by atoms with Gasteiger partial charge in [0.25, 0.3) is 0 Å². The fourth-order valence-electron chi connectivity index (χ4n) is 2.73. The lowest BCUT2D eigenvalue weighted by molar-refractivity contribution is 0.508. The van der Waals surface area contributed by atoms with Gasteiger partial charge in [-0.2, -0.15) is 0 Å². The van der Waals surface area contributed by atoms with E-state index in [1.165, 1.54) is 5.56 Å². The van der Waals surface area contributed by atoms with Gasteiger partial charge in [0, 0.05) is 25.6 Å². The zero-order valence-electron chi connectivity index (χ0n) is 16.7. The first-order chi connectivity index (χ1) is 12.8. The smallest absolute Gasteiger partial charge is 0.191 e. The van der Waals surface area contributed by atoms with Crippen LogP contribution in [0.5, 0.6) is 0 Å². The Kier molecular flexibility index (Phi) is 9.95. The van der Waals surface area contributed by atoms with Gasteiger partial charge in [-0.3, -0.25) is 4.99 Å². The maximum absolute atomic E-state index is 12.3. The predicted molar refractivity (Wildman–Crippen MR) is 127 cm³/mol. The fraction of sp³-hybridized carbons (Fsp3) is 0.381. The highest BCUT2D eigenvalue weighted by molar-refractivity contribution is 14.0. The molecule has 0 saturated carbocycles. The second-order valence-electron chi connectivity index (χ2n) is 7.09. The maximum atomic E-state index is 12.3. The molecule has 0 atom stereocenters. The zero-order valence-corrected chi connectivity index (χ0v) is 19.8. The number of aliphatic imine (C=N–C) groups is 1. The Balaban J connectivity index is 0.00000392. The monoisotopic (exact) mass is 515 g/mol. The molecule has 0 aliphatic heterocycles. The van der Waals surface area contributed by atoms with Crippen molar-refractivity contribution in [2.45, 2.75) is 30.6 Å². The van der Waals surface area contributed by atoms with Crippen LogP contribution in [0.15, 0.2) is 70.6 Å². The van der Waals surface area contributed by atoms with E-state index in [1.807, 2.05) is 24.3 Å². The second kappa shape index (κ2) is 11.4. The standard InChI is InChI=1S/C21H29N3O2S.HI/c1-21(2,18-11-6-4-7-12-18)17-24-20(22-3)23-15-10-16-27(25,26)19-13-8-5-9-14-19;/h4-9,11-14H,10,15-17H2,1-3H3,(H2,22,23,24);1H. The minimum absolute atomic E-state index is 0. The van der Waals surface area contributed by atoms with Gasteiger partial charge < -0.3 is 10.6 Å². The average molecular weight is 515 g/mol. The molecule has 154 valence electrons. The van der Waals surface area contributed by atoms with Crippen molar-refractivity contribution in [2.24, 2.45) is 4.99 Å². The number of benzene rings is 2. The van der Waals surface area contributed by atoms with E-state index in [-0.39, 0.29) is 35.1 Å². The molecule has 0 bridgehead atoms. The Morgan fingerprint density at radius 1 is 0.964 bits per heavy atom. The summed E-state index contributed by atoms with van der Waals surface area (Å²) < 4.78 is 24.6. The van der Waals surface area contributed by atoms with Gasteiger partial charge in [0.2, 0.25) is 0 Å². The van der Waals surface area contributed by atoms with E-state index >= 15 is 0 Å².